The summed E-state index contributed by atoms with van der Waals surface area (Å²) < 4.78 is 46.9. The average molecular weight is 303 g/mol. The van der Waals surface area contributed by atoms with Crippen molar-refractivity contribution in [3.63, 3.8) is 0 Å². The van der Waals surface area contributed by atoms with Crippen LogP contribution in [0.2, 0.25) is 0 Å². The molecule has 0 radical (unpaired) electrons. The second-order valence-corrected chi connectivity index (χ2v) is 4.44. The van der Waals surface area contributed by atoms with Gasteiger partial charge in [-0.25, -0.2) is 4.79 Å². The molecule has 4 nitrogen and oxygen atoms in total. The van der Waals surface area contributed by atoms with Gasteiger partial charge in [0.25, 0.3) is 5.19 Å². The number of rotatable bonds is 3. The molecule has 1 aromatic carbocycles. The van der Waals surface area contributed by atoms with Crippen molar-refractivity contribution >= 4 is 17.3 Å². The Bertz CT molecular complexity index is 624. The molecule has 0 aliphatic heterocycles. The highest BCUT2D eigenvalue weighted by Crippen LogP contribution is 2.34. The summed E-state index contributed by atoms with van der Waals surface area (Å²) in [5.41, 5.74) is -0.778. The van der Waals surface area contributed by atoms with Gasteiger partial charge in [-0.15, -0.1) is 0 Å². The molecular weight excluding hydrogens is 295 g/mol. The number of alkyl halides is 3. The monoisotopic (exact) mass is 303 g/mol. The number of carbonyl (C=O) groups excluding carboxylic acids is 1. The molecule has 1 aromatic heterocycles. The van der Waals surface area contributed by atoms with Gasteiger partial charge in [-0.1, -0.05) is 17.4 Å². The minimum Gasteiger partial charge on any atom is -0.465 e. The third kappa shape index (κ3) is 3.27. The van der Waals surface area contributed by atoms with Gasteiger partial charge in [-0.2, -0.15) is 18.2 Å². The van der Waals surface area contributed by atoms with E-state index in [1.54, 1.807) is 0 Å². The number of carbonyl (C=O) groups is 1. The number of halogens is 3. The number of hydrogen-bond acceptors (Lipinski definition) is 5. The number of methoxy groups -OCH3 is 1. The van der Waals surface area contributed by atoms with Gasteiger partial charge in [0.2, 0.25) is 0 Å². The van der Waals surface area contributed by atoms with Crippen LogP contribution in [-0.2, 0) is 10.9 Å². The summed E-state index contributed by atoms with van der Waals surface area (Å²) >= 11 is 0.722. The lowest BCUT2D eigenvalue weighted by atomic mass is 10.2. The Balaban J connectivity index is 2.18. The molecule has 0 atom stereocenters. The average Bonchev–Trinajstić information content (AvgIpc) is 2.86. The van der Waals surface area contributed by atoms with Crippen molar-refractivity contribution < 1.29 is 27.4 Å². The van der Waals surface area contributed by atoms with E-state index >= 15 is 0 Å². The first kappa shape index (κ1) is 14.3. The number of ether oxygens (including phenoxy) is 2. The van der Waals surface area contributed by atoms with E-state index in [1.165, 1.54) is 31.4 Å². The lowest BCUT2D eigenvalue weighted by Gasteiger charge is -2.04. The van der Waals surface area contributed by atoms with Crippen molar-refractivity contribution in [2.24, 2.45) is 0 Å². The molecule has 1 heterocycles. The molecule has 0 saturated heterocycles. The summed E-state index contributed by atoms with van der Waals surface area (Å²) in [6.45, 7) is 0. The lowest BCUT2D eigenvalue weighted by molar-refractivity contribution is -0.140. The van der Waals surface area contributed by atoms with Crippen molar-refractivity contribution in [1.29, 1.82) is 0 Å². The first-order valence-corrected chi connectivity index (χ1v) is 6.17. The largest absolute Gasteiger partial charge is 0.465 e. The van der Waals surface area contributed by atoms with Crippen LogP contribution < -0.4 is 4.74 Å². The van der Waals surface area contributed by atoms with Crippen LogP contribution >= 0.6 is 11.3 Å². The van der Waals surface area contributed by atoms with Crippen LogP contribution in [-0.4, -0.2) is 18.1 Å². The molecule has 0 unspecified atom stereocenters. The van der Waals surface area contributed by atoms with Crippen molar-refractivity contribution in [3.05, 3.63) is 40.9 Å². The fraction of sp³-hybridized carbons (Fsp3) is 0.167. The summed E-state index contributed by atoms with van der Waals surface area (Å²) in [7, 11) is 1.23. The van der Waals surface area contributed by atoms with Crippen LogP contribution in [0.3, 0.4) is 0 Å². The van der Waals surface area contributed by atoms with E-state index in [4.69, 9.17) is 4.74 Å². The van der Waals surface area contributed by atoms with Gasteiger partial charge in [0, 0.05) is 5.38 Å². The van der Waals surface area contributed by atoms with Crippen LogP contribution in [0.25, 0.3) is 0 Å². The molecule has 0 spiro atoms. The predicted octanol–water partition coefficient (Wildman–Crippen LogP) is 3.74. The van der Waals surface area contributed by atoms with Gasteiger partial charge in [0.05, 0.1) is 12.7 Å². The van der Waals surface area contributed by atoms with Crippen molar-refractivity contribution in [1.82, 2.24) is 4.98 Å². The van der Waals surface area contributed by atoms with Gasteiger partial charge in [-0.05, 0) is 18.2 Å². The summed E-state index contributed by atoms with van der Waals surface area (Å²) in [4.78, 5) is 14.6. The SMILES string of the molecule is COC(=O)c1cccc(Oc2nc(C(F)(F)F)cs2)c1. The van der Waals surface area contributed by atoms with Gasteiger partial charge >= 0.3 is 12.1 Å². The third-order valence-corrected chi connectivity index (χ3v) is 2.95. The van der Waals surface area contributed by atoms with Gasteiger partial charge in [0.1, 0.15) is 5.75 Å². The van der Waals surface area contributed by atoms with Crippen LogP contribution in [0, 0.1) is 0 Å². The molecule has 0 saturated carbocycles. The summed E-state index contributed by atoms with van der Waals surface area (Å²) in [6, 6.07) is 5.89. The summed E-state index contributed by atoms with van der Waals surface area (Å²) in [5, 5.41) is 0.707. The van der Waals surface area contributed by atoms with Gasteiger partial charge in [0.15, 0.2) is 5.69 Å². The maximum atomic E-state index is 12.4. The summed E-state index contributed by atoms with van der Waals surface area (Å²) in [6.07, 6.45) is -4.51. The highest BCUT2D eigenvalue weighted by molar-refractivity contribution is 7.11. The highest BCUT2D eigenvalue weighted by Gasteiger charge is 2.34. The molecule has 2 aromatic rings. The van der Waals surface area contributed by atoms with E-state index in [0.717, 1.165) is 16.7 Å². The van der Waals surface area contributed by atoms with Crippen molar-refractivity contribution in [2.45, 2.75) is 6.18 Å². The molecular formula is C12H8F3NO3S. The maximum Gasteiger partial charge on any atom is 0.434 e. The topological polar surface area (TPSA) is 48.4 Å². The molecule has 2 rings (SSSR count). The van der Waals surface area contributed by atoms with Crippen LogP contribution in [0.5, 0.6) is 10.9 Å². The van der Waals surface area contributed by atoms with Crippen LogP contribution in [0.15, 0.2) is 29.6 Å². The van der Waals surface area contributed by atoms with Gasteiger partial charge in [-0.3, -0.25) is 0 Å². The van der Waals surface area contributed by atoms with Crippen LogP contribution in [0.4, 0.5) is 13.2 Å². The second-order valence-electron chi connectivity index (χ2n) is 3.62. The number of thiazole rings is 1. The molecule has 0 aliphatic rings. The molecule has 0 fully saturated rings. The second kappa shape index (κ2) is 5.49. The normalized spacial score (nSPS) is 11.2. The molecule has 106 valence electrons. The number of benzene rings is 1. The minimum absolute atomic E-state index is 0.153. The third-order valence-electron chi connectivity index (χ3n) is 2.23. The Morgan fingerprint density at radius 2 is 2.10 bits per heavy atom. The zero-order valence-electron chi connectivity index (χ0n) is 10.1. The minimum atomic E-state index is -4.51. The fourth-order valence-electron chi connectivity index (χ4n) is 1.34. The zero-order chi connectivity index (χ0) is 14.8. The first-order valence-electron chi connectivity index (χ1n) is 5.29. The van der Waals surface area contributed by atoms with E-state index in [9.17, 15) is 18.0 Å². The predicted molar refractivity (Wildman–Crippen MR) is 65.0 cm³/mol. The Kier molecular flexibility index (Phi) is 3.93. The zero-order valence-corrected chi connectivity index (χ0v) is 10.9. The standard InChI is InChI=1S/C12H8F3NO3S/c1-18-10(17)7-3-2-4-8(5-7)19-11-16-9(6-20-11)12(13,14)15/h2-6H,1H3. The van der Waals surface area contributed by atoms with Crippen molar-refractivity contribution in [2.75, 3.05) is 7.11 Å². The van der Waals surface area contributed by atoms with Crippen molar-refractivity contribution in [3.8, 4) is 10.9 Å². The van der Waals surface area contributed by atoms with Gasteiger partial charge < -0.3 is 9.47 Å². The molecule has 8 heteroatoms. The molecule has 20 heavy (non-hydrogen) atoms. The number of esters is 1. The lowest BCUT2D eigenvalue weighted by Crippen LogP contribution is -2.04. The Morgan fingerprint density at radius 1 is 1.35 bits per heavy atom. The molecule has 0 bridgehead atoms. The van der Waals surface area contributed by atoms with E-state index in [-0.39, 0.29) is 16.5 Å². The number of hydrogen-bond donors (Lipinski definition) is 0. The molecule has 0 N–H and O–H groups in total. The smallest absolute Gasteiger partial charge is 0.434 e. The number of aromatic nitrogens is 1. The quantitative estimate of drug-likeness (QED) is 0.810. The number of nitrogens with zero attached hydrogens (tertiary/aromatic N) is 1. The van der Waals surface area contributed by atoms with E-state index in [0.29, 0.717) is 0 Å². The fourth-order valence-corrected chi connectivity index (χ4v) is 2.03. The van der Waals surface area contributed by atoms with Crippen LogP contribution in [0.1, 0.15) is 16.1 Å². The Morgan fingerprint density at radius 3 is 2.70 bits per heavy atom. The maximum absolute atomic E-state index is 12.4. The van der Waals surface area contributed by atoms with E-state index in [2.05, 4.69) is 9.72 Å². The molecule has 0 amide bonds. The van der Waals surface area contributed by atoms with E-state index < -0.39 is 17.8 Å². The first-order chi connectivity index (χ1) is 9.40. The summed E-state index contributed by atoms with van der Waals surface area (Å²) in [5.74, 6) is -0.360. The Hall–Kier alpha value is -2.09. The Labute approximate surface area is 115 Å². The molecule has 0 aliphatic carbocycles. The highest BCUT2D eigenvalue weighted by atomic mass is 32.1. The van der Waals surface area contributed by atoms with E-state index in [1.807, 2.05) is 0 Å².